The quantitative estimate of drug-likeness (QED) is 0.657. The minimum Gasteiger partial charge on any atom is -0.493 e. The van der Waals surface area contributed by atoms with Gasteiger partial charge in [-0.25, -0.2) is 0 Å². The first-order chi connectivity index (χ1) is 7.86. The second kappa shape index (κ2) is 6.64. The van der Waals surface area contributed by atoms with Crippen molar-refractivity contribution >= 4 is 51.1 Å². The van der Waals surface area contributed by atoms with Gasteiger partial charge in [0.05, 0.1) is 11.5 Å². The van der Waals surface area contributed by atoms with Gasteiger partial charge in [-0.05, 0) is 76.0 Å². The Morgan fingerprint density at radius 3 is 2.44 bits per heavy atom. The molecule has 0 fully saturated rings. The first-order valence-corrected chi connectivity index (χ1v) is 11.1. The average molecular weight is 309 g/mol. The third-order valence-corrected chi connectivity index (χ3v) is 10.7. The van der Waals surface area contributed by atoms with Gasteiger partial charge in [0.1, 0.15) is 5.75 Å². The van der Waals surface area contributed by atoms with E-state index in [0.717, 1.165) is 18.8 Å². The lowest BCUT2D eigenvalue weighted by Crippen LogP contribution is -1.96. The molecule has 0 saturated heterocycles. The van der Waals surface area contributed by atoms with E-state index in [9.17, 15) is 0 Å². The van der Waals surface area contributed by atoms with E-state index in [1.54, 1.807) is 0 Å². The van der Waals surface area contributed by atoms with Crippen molar-refractivity contribution in [2.75, 3.05) is 6.61 Å². The largest absolute Gasteiger partial charge is 0.493 e. The van der Waals surface area contributed by atoms with E-state index in [1.807, 2.05) is 58.0 Å². The summed E-state index contributed by atoms with van der Waals surface area (Å²) in [5, 5.41) is 0. The highest BCUT2D eigenvalue weighted by Crippen LogP contribution is 2.61. The molecule has 0 amide bonds. The van der Waals surface area contributed by atoms with Gasteiger partial charge in [-0.3, -0.25) is 0 Å². The normalized spacial score (nSPS) is 15.4. The number of benzene rings is 1. The van der Waals surface area contributed by atoms with E-state index in [4.69, 9.17) is 4.74 Å². The highest BCUT2D eigenvalue weighted by molar-refractivity contribution is 9.36. The maximum absolute atomic E-state index is 5.69. The van der Waals surface area contributed by atoms with Gasteiger partial charge in [0.15, 0.2) is 0 Å². The van der Waals surface area contributed by atoms with Gasteiger partial charge in [-0.15, -0.1) is 0 Å². The Kier molecular flexibility index (Phi) is 5.48. The summed E-state index contributed by atoms with van der Waals surface area (Å²) in [6, 6.07) is 4.30. The lowest BCUT2D eigenvalue weighted by molar-refractivity contribution is 0.330. The van der Waals surface area contributed by atoms with Crippen LogP contribution in [0.15, 0.2) is 21.9 Å². The maximum Gasteiger partial charge on any atom is 0.134 e. The van der Waals surface area contributed by atoms with Crippen LogP contribution in [-0.2, 0) is 6.42 Å². The van der Waals surface area contributed by atoms with Crippen LogP contribution in [0.4, 0.5) is 0 Å². The van der Waals surface area contributed by atoms with E-state index in [0.29, 0.717) is 0 Å². The molecule has 1 aliphatic rings. The average Bonchev–Trinajstić information content (AvgIpc) is 2.55. The molecule has 0 aromatic heterocycles. The van der Waals surface area contributed by atoms with E-state index in [2.05, 4.69) is 19.1 Å². The van der Waals surface area contributed by atoms with E-state index >= 15 is 0 Å². The lowest BCUT2D eigenvalue weighted by atomic mass is 10.1. The SMILES string of the molecule is CCOc1ccc(CC)c2c1SSSSS2. The second-order valence-electron chi connectivity index (χ2n) is 3.04. The topological polar surface area (TPSA) is 9.23 Å². The van der Waals surface area contributed by atoms with Crippen LogP contribution in [0.5, 0.6) is 5.75 Å². The Morgan fingerprint density at radius 1 is 1.00 bits per heavy atom. The number of rotatable bonds is 3. The molecule has 2 rings (SSSR count). The molecule has 0 spiro atoms. The number of aryl methyl sites for hydroxylation is 1. The van der Waals surface area contributed by atoms with Gasteiger partial charge in [0, 0.05) is 4.90 Å². The van der Waals surface area contributed by atoms with Gasteiger partial charge in [0.25, 0.3) is 0 Å². The van der Waals surface area contributed by atoms with Crippen LogP contribution in [0.3, 0.4) is 0 Å². The summed E-state index contributed by atoms with van der Waals surface area (Å²) in [7, 11) is 9.15. The molecule has 0 N–H and O–H groups in total. The van der Waals surface area contributed by atoms with Gasteiger partial charge in [0.2, 0.25) is 0 Å². The zero-order valence-electron chi connectivity index (χ0n) is 9.02. The van der Waals surface area contributed by atoms with Crippen molar-refractivity contribution < 1.29 is 4.74 Å². The van der Waals surface area contributed by atoms with Crippen molar-refractivity contribution in [1.82, 2.24) is 0 Å². The predicted molar refractivity (Wildman–Crippen MR) is 81.5 cm³/mol. The molecule has 88 valence electrons. The van der Waals surface area contributed by atoms with Crippen molar-refractivity contribution in [3.05, 3.63) is 17.7 Å². The minimum atomic E-state index is 0.730. The first-order valence-electron chi connectivity index (χ1n) is 5.00. The number of hydrogen-bond donors (Lipinski definition) is 0. The molecule has 1 heterocycles. The Hall–Kier alpha value is 0.770. The first kappa shape index (κ1) is 13.2. The summed E-state index contributed by atoms with van der Waals surface area (Å²) in [6.07, 6.45) is 1.08. The molecular weight excluding hydrogens is 296 g/mol. The number of ether oxygens (including phenoxy) is 1. The molecule has 0 saturated carbocycles. The summed E-state index contributed by atoms with van der Waals surface area (Å²) < 4.78 is 5.69. The number of hydrogen-bond acceptors (Lipinski definition) is 6. The Morgan fingerprint density at radius 2 is 1.75 bits per heavy atom. The van der Waals surface area contributed by atoms with Gasteiger partial charge >= 0.3 is 0 Å². The van der Waals surface area contributed by atoms with E-state index < -0.39 is 0 Å². The molecule has 16 heavy (non-hydrogen) atoms. The van der Waals surface area contributed by atoms with Crippen molar-refractivity contribution in [2.24, 2.45) is 0 Å². The minimum absolute atomic E-state index is 0.730. The molecular formula is C10H12OS5. The molecule has 1 aromatic carbocycles. The monoisotopic (exact) mass is 308 g/mol. The molecule has 0 aliphatic carbocycles. The summed E-state index contributed by atoms with van der Waals surface area (Å²) >= 11 is 0. The maximum atomic E-state index is 5.69. The van der Waals surface area contributed by atoms with Crippen LogP contribution in [0.2, 0.25) is 0 Å². The standard InChI is InChI=1S/C10H12OS5/c1-3-7-5-6-8(11-4-2)10-9(7)12-14-16-15-13-10/h5-6H,3-4H2,1-2H3. The molecule has 6 heteroatoms. The van der Waals surface area contributed by atoms with Crippen molar-refractivity contribution in [3.8, 4) is 5.75 Å². The highest BCUT2D eigenvalue weighted by atomic mass is 33.8. The van der Waals surface area contributed by atoms with Crippen LogP contribution in [0.1, 0.15) is 19.4 Å². The fraction of sp³-hybridized carbons (Fsp3) is 0.400. The summed E-state index contributed by atoms with van der Waals surface area (Å²) in [5.41, 5.74) is 1.42. The zero-order chi connectivity index (χ0) is 11.4. The van der Waals surface area contributed by atoms with Crippen LogP contribution >= 0.6 is 51.1 Å². The second-order valence-corrected chi connectivity index (χ2v) is 10.5. The van der Waals surface area contributed by atoms with E-state index in [-0.39, 0.29) is 0 Å². The fourth-order valence-corrected chi connectivity index (χ4v) is 10.7. The molecule has 1 nitrogen and oxygen atoms in total. The van der Waals surface area contributed by atoms with Crippen molar-refractivity contribution in [2.45, 2.75) is 30.1 Å². The summed E-state index contributed by atoms with van der Waals surface area (Å²) in [4.78, 5) is 2.69. The molecule has 0 bridgehead atoms. The van der Waals surface area contributed by atoms with Crippen LogP contribution in [0.25, 0.3) is 0 Å². The predicted octanol–water partition coefficient (Wildman–Crippen LogP) is 5.71. The molecule has 0 atom stereocenters. The Bertz CT molecular complexity index is 368. The Labute approximate surface area is 115 Å². The smallest absolute Gasteiger partial charge is 0.134 e. The molecule has 0 radical (unpaired) electrons. The summed E-state index contributed by atoms with van der Waals surface area (Å²) in [6.45, 7) is 4.97. The third kappa shape index (κ3) is 2.96. The molecule has 1 aromatic rings. The van der Waals surface area contributed by atoms with Gasteiger partial charge in [-0.2, -0.15) is 0 Å². The van der Waals surface area contributed by atoms with Crippen molar-refractivity contribution in [3.63, 3.8) is 0 Å². The fourth-order valence-electron chi connectivity index (χ4n) is 1.41. The Balaban J connectivity index is 2.43. The van der Waals surface area contributed by atoms with Crippen LogP contribution in [-0.4, -0.2) is 6.61 Å². The lowest BCUT2D eigenvalue weighted by Gasteiger charge is -2.13. The zero-order valence-corrected chi connectivity index (χ0v) is 13.1. The van der Waals surface area contributed by atoms with Crippen LogP contribution < -0.4 is 4.74 Å². The van der Waals surface area contributed by atoms with Gasteiger partial charge in [-0.1, -0.05) is 13.0 Å². The molecule has 0 unspecified atom stereocenters. The summed E-state index contributed by atoms with van der Waals surface area (Å²) in [5.74, 6) is 1.03. The third-order valence-electron chi connectivity index (χ3n) is 2.13. The molecule has 1 aliphatic heterocycles. The van der Waals surface area contributed by atoms with Crippen molar-refractivity contribution in [1.29, 1.82) is 0 Å². The highest BCUT2D eigenvalue weighted by Gasteiger charge is 2.18. The van der Waals surface area contributed by atoms with Crippen LogP contribution in [0, 0.1) is 0 Å². The van der Waals surface area contributed by atoms with E-state index in [1.165, 1.54) is 15.4 Å². The number of fused-ring (bicyclic) bond motifs is 1. The van der Waals surface area contributed by atoms with Gasteiger partial charge < -0.3 is 4.74 Å².